The summed E-state index contributed by atoms with van der Waals surface area (Å²) in [4.78, 5) is 11.7. The number of nitrogens with one attached hydrogen (secondary N) is 2. The maximum absolute atomic E-state index is 11.7. The van der Waals surface area contributed by atoms with Gasteiger partial charge < -0.3 is 15.4 Å². The van der Waals surface area contributed by atoms with Gasteiger partial charge in [0.15, 0.2) is 0 Å². The van der Waals surface area contributed by atoms with Gasteiger partial charge in [-0.2, -0.15) is 0 Å². The van der Waals surface area contributed by atoms with Crippen LogP contribution in [0.2, 0.25) is 0 Å². The number of hydrogen-bond donors (Lipinski definition) is 2. The fraction of sp³-hybridized carbons (Fsp3) is 0.750. The predicted octanol–water partition coefficient (Wildman–Crippen LogP) is 1.26. The number of hydrogen-bond acceptors (Lipinski definition) is 3. The van der Waals surface area contributed by atoms with E-state index in [0.717, 1.165) is 32.4 Å². The lowest BCUT2D eigenvalue weighted by molar-refractivity contribution is -0.132. The molecule has 1 saturated heterocycles. The second-order valence-electron chi connectivity index (χ2n) is 4.14. The van der Waals surface area contributed by atoms with E-state index < -0.39 is 0 Å². The first kappa shape index (κ1) is 16.4. The Hall–Kier alpha value is -0.580. The Kier molecular flexibility index (Phi) is 9.13. The van der Waals surface area contributed by atoms with Gasteiger partial charge >= 0.3 is 0 Å². The maximum Gasteiger partial charge on any atom is 0.249 e. The Labute approximate surface area is 110 Å². The van der Waals surface area contributed by atoms with Crippen LogP contribution in [0.3, 0.4) is 0 Å². The van der Waals surface area contributed by atoms with E-state index in [2.05, 4.69) is 17.2 Å². The van der Waals surface area contributed by atoms with Crippen molar-refractivity contribution in [1.82, 2.24) is 10.6 Å². The molecule has 0 aromatic heterocycles. The van der Waals surface area contributed by atoms with Gasteiger partial charge in [-0.3, -0.25) is 4.79 Å². The second kappa shape index (κ2) is 9.45. The number of ether oxygens (including phenoxy) is 1. The van der Waals surface area contributed by atoms with Crippen molar-refractivity contribution in [2.24, 2.45) is 0 Å². The summed E-state index contributed by atoms with van der Waals surface area (Å²) in [6.45, 7) is 7.87. The van der Waals surface area contributed by atoms with E-state index in [9.17, 15) is 4.79 Å². The van der Waals surface area contributed by atoms with Crippen LogP contribution in [-0.2, 0) is 9.53 Å². The molecule has 1 rings (SSSR count). The molecule has 0 aromatic carbocycles. The van der Waals surface area contributed by atoms with E-state index in [1.807, 2.05) is 0 Å². The average molecular weight is 263 g/mol. The first-order valence-corrected chi connectivity index (χ1v) is 5.97. The minimum atomic E-state index is -0.373. The predicted molar refractivity (Wildman–Crippen MR) is 71.5 cm³/mol. The second-order valence-corrected chi connectivity index (χ2v) is 4.14. The summed E-state index contributed by atoms with van der Waals surface area (Å²) in [5.74, 6) is -0.0160. The number of rotatable bonds is 6. The van der Waals surface area contributed by atoms with Crippen LogP contribution in [0.25, 0.3) is 0 Å². The summed E-state index contributed by atoms with van der Waals surface area (Å²) in [5.41, 5.74) is 0. The third kappa shape index (κ3) is 6.66. The fourth-order valence-corrected chi connectivity index (χ4v) is 1.70. The Bertz CT molecular complexity index is 231. The zero-order chi connectivity index (χ0) is 11.8. The van der Waals surface area contributed by atoms with Crippen LogP contribution in [-0.4, -0.2) is 37.7 Å². The van der Waals surface area contributed by atoms with Crippen LogP contribution < -0.4 is 10.6 Å². The number of carbonyl (C=O) groups is 1. The summed E-state index contributed by atoms with van der Waals surface area (Å²) in [5, 5.41) is 6.26. The zero-order valence-electron chi connectivity index (χ0n) is 10.4. The van der Waals surface area contributed by atoms with Crippen molar-refractivity contribution in [2.45, 2.75) is 38.3 Å². The number of amides is 1. The number of piperidine rings is 1. The molecule has 1 fully saturated rings. The standard InChI is InChI=1S/C12H22N2O2.ClH/c1-3-4-8-16-10(2)12(15)14-11-6-5-7-13-9-11;/h3,10-11,13H,1,4-9H2,2H3,(H,14,15);1H/t10?,11-;/m0./s1. The van der Waals surface area contributed by atoms with E-state index in [-0.39, 0.29) is 30.5 Å². The molecule has 1 heterocycles. The summed E-state index contributed by atoms with van der Waals surface area (Å²) in [7, 11) is 0. The highest BCUT2D eigenvalue weighted by Gasteiger charge is 2.19. The Morgan fingerprint density at radius 1 is 1.71 bits per heavy atom. The Morgan fingerprint density at radius 3 is 3.06 bits per heavy atom. The van der Waals surface area contributed by atoms with Crippen LogP contribution in [0, 0.1) is 0 Å². The average Bonchev–Trinajstić information content (AvgIpc) is 2.30. The van der Waals surface area contributed by atoms with Gasteiger partial charge in [0.2, 0.25) is 5.91 Å². The van der Waals surface area contributed by atoms with E-state index >= 15 is 0 Å². The molecule has 0 spiro atoms. The van der Waals surface area contributed by atoms with Crippen molar-refractivity contribution in [3.8, 4) is 0 Å². The van der Waals surface area contributed by atoms with Gasteiger partial charge in [-0.05, 0) is 32.7 Å². The molecule has 1 aliphatic rings. The number of carbonyl (C=O) groups excluding carboxylic acids is 1. The maximum atomic E-state index is 11.7. The minimum Gasteiger partial charge on any atom is -0.368 e. The highest BCUT2D eigenvalue weighted by molar-refractivity contribution is 5.85. The van der Waals surface area contributed by atoms with E-state index in [1.54, 1.807) is 13.0 Å². The molecule has 2 atom stereocenters. The van der Waals surface area contributed by atoms with Crippen molar-refractivity contribution in [1.29, 1.82) is 0 Å². The molecule has 0 bridgehead atoms. The first-order chi connectivity index (χ1) is 7.74. The molecular weight excluding hydrogens is 240 g/mol. The first-order valence-electron chi connectivity index (χ1n) is 5.97. The summed E-state index contributed by atoms with van der Waals surface area (Å²) in [6.07, 6.45) is 4.37. The van der Waals surface area contributed by atoms with Crippen molar-refractivity contribution in [2.75, 3.05) is 19.7 Å². The molecule has 17 heavy (non-hydrogen) atoms. The molecule has 1 amide bonds. The van der Waals surface area contributed by atoms with Gasteiger partial charge in [0.1, 0.15) is 6.10 Å². The van der Waals surface area contributed by atoms with Crippen molar-refractivity contribution in [3.05, 3.63) is 12.7 Å². The molecule has 0 aromatic rings. The summed E-state index contributed by atoms with van der Waals surface area (Å²) < 4.78 is 5.38. The highest BCUT2D eigenvalue weighted by Crippen LogP contribution is 2.02. The quantitative estimate of drug-likeness (QED) is 0.560. The normalized spacial score (nSPS) is 21.1. The molecule has 4 nitrogen and oxygen atoms in total. The van der Waals surface area contributed by atoms with E-state index in [1.165, 1.54) is 0 Å². The van der Waals surface area contributed by atoms with Crippen molar-refractivity contribution in [3.63, 3.8) is 0 Å². The SMILES string of the molecule is C=CCCOC(C)C(=O)N[C@H]1CCCNC1.Cl. The number of halogens is 1. The zero-order valence-corrected chi connectivity index (χ0v) is 11.2. The third-order valence-electron chi connectivity index (χ3n) is 2.70. The van der Waals surface area contributed by atoms with Crippen LogP contribution in [0.15, 0.2) is 12.7 Å². The van der Waals surface area contributed by atoms with Gasteiger partial charge in [0.25, 0.3) is 0 Å². The smallest absolute Gasteiger partial charge is 0.249 e. The molecule has 0 saturated carbocycles. The van der Waals surface area contributed by atoms with Crippen molar-refractivity contribution < 1.29 is 9.53 Å². The molecule has 1 aliphatic heterocycles. The van der Waals surface area contributed by atoms with Gasteiger partial charge in [-0.25, -0.2) is 0 Å². The fourth-order valence-electron chi connectivity index (χ4n) is 1.70. The topological polar surface area (TPSA) is 50.4 Å². The monoisotopic (exact) mass is 262 g/mol. The largest absolute Gasteiger partial charge is 0.368 e. The molecular formula is C12H23ClN2O2. The minimum absolute atomic E-state index is 0. The van der Waals surface area contributed by atoms with Crippen LogP contribution in [0.5, 0.6) is 0 Å². The van der Waals surface area contributed by atoms with Crippen LogP contribution >= 0.6 is 12.4 Å². The van der Waals surface area contributed by atoms with Crippen LogP contribution in [0.1, 0.15) is 26.2 Å². The molecule has 5 heteroatoms. The lowest BCUT2D eigenvalue weighted by Gasteiger charge is -2.25. The lowest BCUT2D eigenvalue weighted by Crippen LogP contribution is -2.48. The Balaban J connectivity index is 0.00000256. The van der Waals surface area contributed by atoms with Gasteiger partial charge in [0.05, 0.1) is 6.61 Å². The highest BCUT2D eigenvalue weighted by atomic mass is 35.5. The van der Waals surface area contributed by atoms with E-state index in [4.69, 9.17) is 4.74 Å². The molecule has 1 unspecified atom stereocenters. The Morgan fingerprint density at radius 2 is 2.47 bits per heavy atom. The van der Waals surface area contributed by atoms with Gasteiger partial charge in [0, 0.05) is 12.6 Å². The summed E-state index contributed by atoms with van der Waals surface area (Å²) in [6, 6.07) is 0.256. The molecule has 0 radical (unpaired) electrons. The third-order valence-corrected chi connectivity index (χ3v) is 2.70. The summed E-state index contributed by atoms with van der Waals surface area (Å²) >= 11 is 0. The molecule has 0 aliphatic carbocycles. The van der Waals surface area contributed by atoms with Gasteiger partial charge in [-0.1, -0.05) is 6.08 Å². The van der Waals surface area contributed by atoms with Crippen LogP contribution in [0.4, 0.5) is 0 Å². The van der Waals surface area contributed by atoms with E-state index in [0.29, 0.717) is 6.61 Å². The lowest BCUT2D eigenvalue weighted by atomic mass is 10.1. The van der Waals surface area contributed by atoms with Gasteiger partial charge in [-0.15, -0.1) is 19.0 Å². The van der Waals surface area contributed by atoms with Crippen molar-refractivity contribution >= 4 is 18.3 Å². The molecule has 100 valence electrons. The molecule has 2 N–H and O–H groups in total.